The maximum Gasteiger partial charge on any atom is 0.336 e. The zero-order valence-electron chi connectivity index (χ0n) is 31.6. The molecule has 6 nitrogen and oxygen atoms in total. The maximum absolute atomic E-state index is 12.5. The van der Waals surface area contributed by atoms with Crippen molar-refractivity contribution in [2.45, 2.75) is 166 Å². The second-order valence-corrected chi connectivity index (χ2v) is 15.2. The van der Waals surface area contributed by atoms with E-state index in [1.807, 2.05) is 0 Å². The topological polar surface area (TPSA) is 91.7 Å². The van der Waals surface area contributed by atoms with Crippen LogP contribution in [0.25, 0.3) is 0 Å². The normalized spacial score (nSPS) is 11.4. The van der Waals surface area contributed by atoms with Crippen LogP contribution in [-0.2, 0) is 10.8 Å². The summed E-state index contributed by atoms with van der Waals surface area (Å²) in [4.78, 5) is 22.4. The minimum Gasteiger partial charge on any atom is -0.478 e. The quantitative estimate of drug-likeness (QED) is 0.0681. The minimum atomic E-state index is -1.87. The molecule has 0 amide bonds. The molecular formula is C42H70NO5S+. The van der Waals surface area contributed by atoms with E-state index in [2.05, 4.69) is 27.7 Å². The molecule has 278 valence electrons. The molecule has 0 aliphatic carbocycles. The third-order valence-electron chi connectivity index (χ3n) is 9.58. The van der Waals surface area contributed by atoms with Gasteiger partial charge in [0, 0.05) is 0 Å². The van der Waals surface area contributed by atoms with Gasteiger partial charge in [0.25, 0.3) is 0 Å². The van der Waals surface area contributed by atoms with Gasteiger partial charge in [-0.2, -0.15) is 0 Å². The van der Waals surface area contributed by atoms with Crippen molar-refractivity contribution >= 4 is 22.7 Å². The van der Waals surface area contributed by atoms with Crippen molar-refractivity contribution in [2.75, 3.05) is 26.2 Å². The Morgan fingerprint density at radius 3 is 1.00 bits per heavy atom. The molecule has 0 heterocycles. The zero-order chi connectivity index (χ0) is 36.2. The highest BCUT2D eigenvalue weighted by Gasteiger charge is 2.26. The van der Waals surface area contributed by atoms with Gasteiger partial charge in [-0.15, -0.1) is 0 Å². The molecule has 0 spiro atoms. The maximum atomic E-state index is 12.5. The Labute approximate surface area is 302 Å². The smallest absolute Gasteiger partial charge is 0.336 e. The van der Waals surface area contributed by atoms with Gasteiger partial charge < -0.3 is 14.7 Å². The average Bonchev–Trinajstić information content (AvgIpc) is 3.11. The lowest BCUT2D eigenvalue weighted by Gasteiger charge is -2.39. The Hall–Kier alpha value is -2.51. The van der Waals surface area contributed by atoms with Crippen molar-refractivity contribution < 1.29 is 28.5 Å². The first-order chi connectivity index (χ1) is 23.8. The number of unbranched alkanes of at least 4 members (excludes halogenated alkanes) is 16. The van der Waals surface area contributed by atoms with E-state index in [1.54, 1.807) is 12.1 Å². The van der Waals surface area contributed by atoms with Gasteiger partial charge >= 0.3 is 11.9 Å². The van der Waals surface area contributed by atoms with Crippen LogP contribution >= 0.6 is 0 Å². The number of carboxylic acids is 2. The summed E-state index contributed by atoms with van der Waals surface area (Å²) < 4.78 is 14.0. The largest absolute Gasteiger partial charge is 0.478 e. The van der Waals surface area contributed by atoms with E-state index >= 15 is 0 Å². The second-order valence-electron chi connectivity index (χ2n) is 13.8. The molecule has 0 unspecified atom stereocenters. The summed E-state index contributed by atoms with van der Waals surface area (Å²) in [6, 6.07) is 11.7. The van der Waals surface area contributed by atoms with E-state index in [-0.39, 0.29) is 20.9 Å². The monoisotopic (exact) mass is 700 g/mol. The van der Waals surface area contributed by atoms with Crippen molar-refractivity contribution in [2.24, 2.45) is 0 Å². The predicted octanol–water partition coefficient (Wildman–Crippen LogP) is 11.9. The average molecular weight is 701 g/mol. The summed E-state index contributed by atoms with van der Waals surface area (Å²) in [5.41, 5.74) is -0.211. The SMILES string of the molecule is CCCCCCC[N+](CCCCCCC)(CCCCCCC)CCCCCCC.O=C(O)c1ccccc1S(=O)c1ccccc1C(=O)O. The fraction of sp³-hybridized carbons (Fsp3) is 0.667. The molecule has 0 aromatic heterocycles. The van der Waals surface area contributed by atoms with E-state index < -0.39 is 22.7 Å². The summed E-state index contributed by atoms with van der Waals surface area (Å²) >= 11 is 0. The van der Waals surface area contributed by atoms with Crippen LogP contribution in [-0.4, -0.2) is 57.0 Å². The highest BCUT2D eigenvalue weighted by molar-refractivity contribution is 7.85. The van der Waals surface area contributed by atoms with Crippen molar-refractivity contribution in [3.8, 4) is 0 Å². The fourth-order valence-electron chi connectivity index (χ4n) is 6.60. The summed E-state index contributed by atoms with van der Waals surface area (Å²) in [6.45, 7) is 15.2. The van der Waals surface area contributed by atoms with Crippen LogP contribution in [0.1, 0.15) is 177 Å². The number of carbonyl (C=O) groups is 2. The Balaban J connectivity index is 0.000000520. The number of benzene rings is 2. The van der Waals surface area contributed by atoms with Crippen LogP contribution in [0.2, 0.25) is 0 Å². The minimum absolute atomic E-state index is 0.0775. The molecule has 0 saturated heterocycles. The van der Waals surface area contributed by atoms with Gasteiger partial charge in [-0.25, -0.2) is 13.8 Å². The van der Waals surface area contributed by atoms with Crippen LogP contribution in [0.15, 0.2) is 58.3 Å². The first kappa shape index (κ1) is 44.5. The number of aromatic carboxylic acids is 2. The molecule has 0 fully saturated rings. The molecule has 2 aromatic carbocycles. The molecule has 49 heavy (non-hydrogen) atoms. The van der Waals surface area contributed by atoms with Gasteiger partial charge in [-0.05, 0) is 75.6 Å². The van der Waals surface area contributed by atoms with Gasteiger partial charge in [0.05, 0.1) is 57.9 Å². The van der Waals surface area contributed by atoms with Crippen molar-refractivity contribution in [1.82, 2.24) is 0 Å². The molecule has 0 aliphatic rings. The highest BCUT2D eigenvalue weighted by Crippen LogP contribution is 2.24. The number of carboxylic acid groups (broad SMARTS) is 2. The Morgan fingerprint density at radius 2 is 0.735 bits per heavy atom. The third kappa shape index (κ3) is 18.9. The van der Waals surface area contributed by atoms with Crippen LogP contribution < -0.4 is 0 Å². The Morgan fingerprint density at radius 1 is 0.469 bits per heavy atom. The molecule has 2 N–H and O–H groups in total. The zero-order valence-corrected chi connectivity index (χ0v) is 32.4. The lowest BCUT2D eigenvalue weighted by Crippen LogP contribution is -2.50. The summed E-state index contributed by atoms with van der Waals surface area (Å²) in [5.74, 6) is -2.41. The van der Waals surface area contributed by atoms with Gasteiger partial charge in [0.15, 0.2) is 0 Å². The van der Waals surface area contributed by atoms with Crippen molar-refractivity contribution in [3.05, 3.63) is 59.7 Å². The number of quaternary nitrogens is 1. The number of nitrogens with zero attached hydrogens (tertiary/aromatic N) is 1. The van der Waals surface area contributed by atoms with E-state index in [9.17, 15) is 13.8 Å². The van der Waals surface area contributed by atoms with Gasteiger partial charge in [0.2, 0.25) is 0 Å². The fourth-order valence-corrected chi connectivity index (χ4v) is 7.95. The first-order valence-electron chi connectivity index (χ1n) is 19.7. The van der Waals surface area contributed by atoms with Gasteiger partial charge in [0.1, 0.15) is 0 Å². The standard InChI is InChI=1S/C28H60N.C14H10O5S/c1-5-9-13-17-21-25-29(26-22-18-14-10-6-2,27-23-19-15-11-7-3)28-24-20-16-12-8-4;15-13(16)9-5-1-3-7-11(9)20(19)12-8-4-2-6-10(12)14(17)18/h5-28H2,1-4H3;1-8H,(H,15,16)(H,17,18)/q+1;. The van der Waals surface area contributed by atoms with Crippen molar-refractivity contribution in [1.29, 1.82) is 0 Å². The second kappa shape index (κ2) is 28.2. The predicted molar refractivity (Wildman–Crippen MR) is 206 cm³/mol. The summed E-state index contributed by atoms with van der Waals surface area (Å²) in [7, 11) is -1.87. The lowest BCUT2D eigenvalue weighted by molar-refractivity contribution is -0.929. The highest BCUT2D eigenvalue weighted by atomic mass is 32.2. The Kier molecular flexibility index (Phi) is 25.6. The van der Waals surface area contributed by atoms with Gasteiger partial charge in [-0.1, -0.05) is 129 Å². The molecular weight excluding hydrogens is 631 g/mol. The molecule has 0 saturated carbocycles. The molecule has 0 radical (unpaired) electrons. The summed E-state index contributed by atoms with van der Waals surface area (Å²) in [5, 5.41) is 18.2. The van der Waals surface area contributed by atoms with Crippen LogP contribution in [0.3, 0.4) is 0 Å². The molecule has 7 heteroatoms. The van der Waals surface area contributed by atoms with Crippen molar-refractivity contribution in [3.63, 3.8) is 0 Å². The number of hydrogen-bond donors (Lipinski definition) is 2. The van der Waals surface area contributed by atoms with E-state index in [0.717, 1.165) is 0 Å². The lowest BCUT2D eigenvalue weighted by atomic mass is 10.1. The Bertz CT molecular complexity index is 1060. The summed E-state index contributed by atoms with van der Waals surface area (Å²) in [6.07, 6.45) is 28.8. The molecule has 2 rings (SSSR count). The third-order valence-corrected chi connectivity index (χ3v) is 11.1. The van der Waals surface area contributed by atoms with Crippen LogP contribution in [0.5, 0.6) is 0 Å². The number of hydrogen-bond acceptors (Lipinski definition) is 3. The molecule has 0 bridgehead atoms. The number of rotatable bonds is 28. The van der Waals surface area contributed by atoms with Gasteiger partial charge in [-0.3, -0.25) is 0 Å². The van der Waals surface area contributed by atoms with E-state index in [4.69, 9.17) is 10.2 Å². The molecule has 0 aliphatic heterocycles. The van der Waals surface area contributed by atoms with E-state index in [0.29, 0.717) is 0 Å². The first-order valence-corrected chi connectivity index (χ1v) is 20.8. The van der Waals surface area contributed by atoms with Crippen LogP contribution in [0, 0.1) is 0 Å². The van der Waals surface area contributed by atoms with E-state index in [1.165, 1.54) is 195 Å². The van der Waals surface area contributed by atoms with Crippen LogP contribution in [0.4, 0.5) is 0 Å². The molecule has 0 atom stereocenters. The molecule has 2 aromatic rings.